The molecule has 0 bridgehead atoms. The predicted molar refractivity (Wildman–Crippen MR) is 69.0 cm³/mol. The highest BCUT2D eigenvalue weighted by molar-refractivity contribution is 5.89. The van der Waals surface area contributed by atoms with Crippen molar-refractivity contribution in [2.75, 3.05) is 20.1 Å². The van der Waals surface area contributed by atoms with Gasteiger partial charge in [-0.05, 0) is 33.7 Å². The van der Waals surface area contributed by atoms with Crippen LogP contribution in [-0.2, 0) is 9.59 Å². The first-order valence-electron chi connectivity index (χ1n) is 6.79. The normalized spacial score (nSPS) is 35.3. The summed E-state index contributed by atoms with van der Waals surface area (Å²) in [6.07, 6.45) is 2.44. The van der Waals surface area contributed by atoms with Crippen LogP contribution in [0.15, 0.2) is 0 Å². The number of rotatable bonds is 1. The van der Waals surface area contributed by atoms with Crippen LogP contribution < -0.4 is 5.32 Å². The molecule has 0 aromatic carbocycles. The maximum Gasteiger partial charge on any atom is 0.245 e. The van der Waals surface area contributed by atoms with Crippen LogP contribution in [0, 0.1) is 0 Å². The third kappa shape index (κ3) is 2.66. The maximum absolute atomic E-state index is 12.3. The zero-order valence-corrected chi connectivity index (χ0v) is 11.5. The molecule has 18 heavy (non-hydrogen) atoms. The first kappa shape index (κ1) is 13.3. The van der Waals surface area contributed by atoms with E-state index in [4.69, 9.17) is 0 Å². The Morgan fingerprint density at radius 3 is 2.61 bits per heavy atom. The molecule has 5 heteroatoms. The van der Waals surface area contributed by atoms with Crippen molar-refractivity contribution in [1.29, 1.82) is 0 Å². The van der Waals surface area contributed by atoms with Gasteiger partial charge < -0.3 is 15.1 Å². The van der Waals surface area contributed by atoms with E-state index in [0.717, 1.165) is 19.4 Å². The van der Waals surface area contributed by atoms with E-state index in [1.54, 1.807) is 6.92 Å². The molecular formula is C13H23N3O2. The van der Waals surface area contributed by atoms with Crippen LogP contribution in [0.5, 0.6) is 0 Å². The Bertz CT molecular complexity index is 345. The summed E-state index contributed by atoms with van der Waals surface area (Å²) in [5, 5.41) is 2.74. The van der Waals surface area contributed by atoms with Gasteiger partial charge in [0.25, 0.3) is 0 Å². The van der Waals surface area contributed by atoms with Crippen molar-refractivity contribution in [3.05, 3.63) is 0 Å². The Morgan fingerprint density at radius 2 is 1.94 bits per heavy atom. The molecule has 2 aliphatic rings. The first-order chi connectivity index (χ1) is 8.49. The van der Waals surface area contributed by atoms with Crippen molar-refractivity contribution < 1.29 is 9.59 Å². The Labute approximate surface area is 108 Å². The highest BCUT2D eigenvalue weighted by Gasteiger charge is 2.34. The van der Waals surface area contributed by atoms with Crippen molar-refractivity contribution in [2.45, 2.75) is 51.2 Å². The number of hydrogen-bond acceptors (Lipinski definition) is 3. The van der Waals surface area contributed by atoms with Crippen LogP contribution in [0.4, 0.5) is 0 Å². The second-order valence-electron chi connectivity index (χ2n) is 5.58. The number of carbonyl (C=O) groups excluding carboxylic acids is 2. The van der Waals surface area contributed by atoms with E-state index in [1.807, 2.05) is 4.90 Å². The summed E-state index contributed by atoms with van der Waals surface area (Å²) in [5.41, 5.74) is 0. The van der Waals surface area contributed by atoms with Gasteiger partial charge in [0.2, 0.25) is 11.8 Å². The first-order valence-corrected chi connectivity index (χ1v) is 6.79. The molecule has 2 rings (SSSR count). The Hall–Kier alpha value is -1.10. The molecule has 0 radical (unpaired) electrons. The molecule has 2 heterocycles. The lowest BCUT2D eigenvalue weighted by molar-refractivity contribution is -0.136. The minimum absolute atomic E-state index is 0.0145. The average molecular weight is 253 g/mol. The topological polar surface area (TPSA) is 52.7 Å². The van der Waals surface area contributed by atoms with E-state index >= 15 is 0 Å². The number of piperidine rings is 1. The van der Waals surface area contributed by atoms with Gasteiger partial charge in [0.1, 0.15) is 6.04 Å². The van der Waals surface area contributed by atoms with Crippen molar-refractivity contribution in [2.24, 2.45) is 0 Å². The van der Waals surface area contributed by atoms with E-state index in [-0.39, 0.29) is 17.9 Å². The SMILES string of the molecule is CC1NC(=O)CCN(C2CCN(C)C(C)C2)C1=O. The Morgan fingerprint density at radius 1 is 1.22 bits per heavy atom. The van der Waals surface area contributed by atoms with Gasteiger partial charge in [-0.2, -0.15) is 0 Å². The fourth-order valence-electron chi connectivity index (χ4n) is 2.87. The molecular weight excluding hydrogens is 230 g/mol. The molecule has 0 saturated carbocycles. The molecule has 3 atom stereocenters. The Kier molecular flexibility index (Phi) is 3.90. The van der Waals surface area contributed by atoms with Gasteiger partial charge in [0.15, 0.2) is 0 Å². The third-order valence-corrected chi connectivity index (χ3v) is 4.23. The average Bonchev–Trinajstić information content (AvgIpc) is 2.44. The monoisotopic (exact) mass is 253 g/mol. The van der Waals surface area contributed by atoms with E-state index in [0.29, 0.717) is 25.0 Å². The van der Waals surface area contributed by atoms with Crippen molar-refractivity contribution in [3.8, 4) is 0 Å². The van der Waals surface area contributed by atoms with Gasteiger partial charge in [0.05, 0.1) is 0 Å². The lowest BCUT2D eigenvalue weighted by Gasteiger charge is -2.40. The largest absolute Gasteiger partial charge is 0.345 e. The van der Waals surface area contributed by atoms with Crippen molar-refractivity contribution in [1.82, 2.24) is 15.1 Å². The molecule has 0 aliphatic carbocycles. The van der Waals surface area contributed by atoms with Gasteiger partial charge in [-0.3, -0.25) is 9.59 Å². The number of nitrogens with zero attached hydrogens (tertiary/aromatic N) is 2. The number of carbonyl (C=O) groups is 2. The van der Waals surface area contributed by atoms with Gasteiger partial charge in [0, 0.05) is 31.6 Å². The number of nitrogens with one attached hydrogen (secondary N) is 1. The summed E-state index contributed by atoms with van der Waals surface area (Å²) < 4.78 is 0. The minimum atomic E-state index is -0.380. The molecule has 102 valence electrons. The lowest BCUT2D eigenvalue weighted by Crippen LogP contribution is -2.52. The highest BCUT2D eigenvalue weighted by atomic mass is 16.2. The van der Waals surface area contributed by atoms with Crippen LogP contribution in [0.25, 0.3) is 0 Å². The van der Waals surface area contributed by atoms with Crippen molar-refractivity contribution >= 4 is 11.8 Å². The van der Waals surface area contributed by atoms with Crippen LogP contribution in [0.1, 0.15) is 33.1 Å². The fraction of sp³-hybridized carbons (Fsp3) is 0.846. The molecule has 2 aliphatic heterocycles. The van der Waals surface area contributed by atoms with E-state index in [9.17, 15) is 9.59 Å². The molecule has 5 nitrogen and oxygen atoms in total. The summed E-state index contributed by atoms with van der Waals surface area (Å²) in [6.45, 7) is 5.56. The standard InChI is InChI=1S/C13H23N3O2/c1-9-8-11(4-6-15(9)3)16-7-5-12(17)14-10(2)13(16)18/h9-11H,4-8H2,1-3H3,(H,14,17). The second-order valence-corrected chi connectivity index (χ2v) is 5.58. The van der Waals surface area contributed by atoms with Crippen molar-refractivity contribution in [3.63, 3.8) is 0 Å². The van der Waals surface area contributed by atoms with Crippen LogP contribution >= 0.6 is 0 Å². The van der Waals surface area contributed by atoms with E-state index < -0.39 is 0 Å². The third-order valence-electron chi connectivity index (χ3n) is 4.23. The summed E-state index contributed by atoms with van der Waals surface area (Å²) in [7, 11) is 2.12. The van der Waals surface area contributed by atoms with Gasteiger partial charge >= 0.3 is 0 Å². The molecule has 0 aromatic heterocycles. The molecule has 2 fully saturated rings. The summed E-state index contributed by atoms with van der Waals surface area (Å²) in [4.78, 5) is 28.0. The maximum atomic E-state index is 12.3. The summed E-state index contributed by atoms with van der Waals surface area (Å²) in [6, 6.07) is 0.410. The number of hydrogen-bond donors (Lipinski definition) is 1. The smallest absolute Gasteiger partial charge is 0.245 e. The van der Waals surface area contributed by atoms with Crippen LogP contribution in [0.3, 0.4) is 0 Å². The van der Waals surface area contributed by atoms with Gasteiger partial charge in [-0.15, -0.1) is 0 Å². The predicted octanol–water partition coefficient (Wildman–Crippen LogP) is 0.206. The molecule has 2 amide bonds. The van der Waals surface area contributed by atoms with Crippen LogP contribution in [0.2, 0.25) is 0 Å². The van der Waals surface area contributed by atoms with E-state index in [2.05, 4.69) is 24.2 Å². The highest BCUT2D eigenvalue weighted by Crippen LogP contribution is 2.22. The Balaban J connectivity index is 2.07. The summed E-state index contributed by atoms with van der Waals surface area (Å²) in [5.74, 6) is 0.0573. The number of amides is 2. The second kappa shape index (κ2) is 5.26. The molecule has 2 saturated heterocycles. The summed E-state index contributed by atoms with van der Waals surface area (Å²) >= 11 is 0. The number of likely N-dealkylation sites (tertiary alicyclic amines) is 1. The van der Waals surface area contributed by atoms with Gasteiger partial charge in [-0.1, -0.05) is 0 Å². The molecule has 0 aromatic rings. The quantitative estimate of drug-likeness (QED) is 0.726. The lowest BCUT2D eigenvalue weighted by atomic mass is 9.97. The molecule has 3 unspecified atom stereocenters. The zero-order chi connectivity index (χ0) is 13.3. The van der Waals surface area contributed by atoms with Crippen LogP contribution in [-0.4, -0.2) is 59.9 Å². The molecule has 1 N–H and O–H groups in total. The van der Waals surface area contributed by atoms with Gasteiger partial charge in [-0.25, -0.2) is 0 Å². The fourth-order valence-corrected chi connectivity index (χ4v) is 2.87. The zero-order valence-electron chi connectivity index (χ0n) is 11.5. The molecule has 0 spiro atoms. The minimum Gasteiger partial charge on any atom is -0.345 e. The van der Waals surface area contributed by atoms with E-state index in [1.165, 1.54) is 0 Å².